The fourth-order valence-electron chi connectivity index (χ4n) is 4.05. The number of furan rings is 1. The predicted molar refractivity (Wildman–Crippen MR) is 140 cm³/mol. The van der Waals surface area contributed by atoms with Gasteiger partial charge in [0.15, 0.2) is 0 Å². The van der Waals surface area contributed by atoms with Gasteiger partial charge in [-0.1, -0.05) is 62.7 Å². The maximum absolute atomic E-state index is 13.5. The van der Waals surface area contributed by atoms with Crippen molar-refractivity contribution in [2.75, 3.05) is 13.1 Å². The zero-order chi connectivity index (χ0) is 25.0. The molecule has 5 heteroatoms. The van der Waals surface area contributed by atoms with E-state index in [1.165, 1.54) is 11.1 Å². The maximum atomic E-state index is 13.5. The van der Waals surface area contributed by atoms with Crippen LogP contribution in [0, 0.1) is 0 Å². The third-order valence-corrected chi connectivity index (χ3v) is 6.50. The van der Waals surface area contributed by atoms with E-state index in [0.717, 1.165) is 37.9 Å². The molecule has 3 rings (SSSR count). The molecule has 0 aliphatic rings. The minimum absolute atomic E-state index is 0.0426. The normalized spacial score (nSPS) is 11.7. The lowest BCUT2D eigenvalue weighted by atomic mass is 10.0. The molecule has 3 aromatic rings. The van der Waals surface area contributed by atoms with Gasteiger partial charge < -0.3 is 14.2 Å². The molecule has 0 bridgehead atoms. The first kappa shape index (κ1) is 26.3. The number of nitrogens with zero attached hydrogens (tertiary/aromatic N) is 2. The molecule has 0 radical (unpaired) electrons. The van der Waals surface area contributed by atoms with E-state index in [9.17, 15) is 9.59 Å². The Kier molecular flexibility index (Phi) is 10.1. The summed E-state index contributed by atoms with van der Waals surface area (Å²) in [7, 11) is 0. The van der Waals surface area contributed by atoms with Crippen LogP contribution in [-0.4, -0.2) is 40.7 Å². The van der Waals surface area contributed by atoms with Gasteiger partial charge in [-0.3, -0.25) is 9.59 Å². The van der Waals surface area contributed by atoms with E-state index in [-0.39, 0.29) is 24.4 Å². The summed E-state index contributed by atoms with van der Waals surface area (Å²) < 4.78 is 5.52. The molecule has 0 unspecified atom stereocenters. The van der Waals surface area contributed by atoms with Gasteiger partial charge in [0, 0.05) is 18.2 Å². The summed E-state index contributed by atoms with van der Waals surface area (Å²) in [6, 6.07) is 21.6. The van der Waals surface area contributed by atoms with E-state index in [4.69, 9.17) is 4.42 Å². The summed E-state index contributed by atoms with van der Waals surface area (Å²) in [5.41, 5.74) is 3.03. The number of amides is 2. The van der Waals surface area contributed by atoms with E-state index in [1.54, 1.807) is 16.1 Å². The second-order valence-electron chi connectivity index (χ2n) is 9.12. The molecule has 2 amide bonds. The van der Waals surface area contributed by atoms with Crippen LogP contribution in [0.5, 0.6) is 0 Å². The van der Waals surface area contributed by atoms with Crippen LogP contribution in [0.1, 0.15) is 67.3 Å². The molecule has 1 heterocycles. The first-order chi connectivity index (χ1) is 17.0. The van der Waals surface area contributed by atoms with Crippen LogP contribution < -0.4 is 0 Å². The molecule has 0 spiro atoms. The van der Waals surface area contributed by atoms with Crippen molar-refractivity contribution >= 4 is 11.8 Å². The largest absolute Gasteiger partial charge is 0.467 e. The highest BCUT2D eigenvalue weighted by atomic mass is 16.3. The van der Waals surface area contributed by atoms with Crippen LogP contribution >= 0.6 is 0 Å². The highest BCUT2D eigenvalue weighted by Crippen LogP contribution is 2.15. The lowest BCUT2D eigenvalue weighted by Crippen LogP contribution is -2.46. The molecule has 0 fully saturated rings. The van der Waals surface area contributed by atoms with Gasteiger partial charge in [-0.15, -0.1) is 0 Å². The first-order valence-corrected chi connectivity index (χ1v) is 12.8. The monoisotopic (exact) mass is 474 g/mol. The minimum Gasteiger partial charge on any atom is -0.467 e. The molecule has 0 saturated heterocycles. The number of rotatable bonds is 13. The van der Waals surface area contributed by atoms with Crippen molar-refractivity contribution < 1.29 is 14.0 Å². The summed E-state index contributed by atoms with van der Waals surface area (Å²) in [5, 5.41) is 0. The number of carbonyl (C=O) groups excluding carboxylic acids is 2. The summed E-state index contributed by atoms with van der Waals surface area (Å²) in [5.74, 6) is 0.553. The predicted octanol–water partition coefficient (Wildman–Crippen LogP) is 6.13. The Labute approximate surface area is 209 Å². The highest BCUT2D eigenvalue weighted by Gasteiger charge is 2.26. The van der Waals surface area contributed by atoms with Gasteiger partial charge in [-0.05, 0) is 68.0 Å². The lowest BCUT2D eigenvalue weighted by molar-refractivity contribution is -0.133. The van der Waals surface area contributed by atoms with Crippen LogP contribution in [0.25, 0.3) is 0 Å². The van der Waals surface area contributed by atoms with Crippen molar-refractivity contribution in [3.8, 4) is 0 Å². The van der Waals surface area contributed by atoms with Gasteiger partial charge >= 0.3 is 0 Å². The molecule has 0 aliphatic carbocycles. The van der Waals surface area contributed by atoms with E-state index >= 15 is 0 Å². The molecule has 0 aliphatic heterocycles. The fraction of sp³-hybridized carbons (Fsp3) is 0.400. The number of benzene rings is 2. The zero-order valence-corrected chi connectivity index (χ0v) is 21.3. The first-order valence-electron chi connectivity index (χ1n) is 12.8. The molecule has 0 saturated carbocycles. The third kappa shape index (κ3) is 7.84. The van der Waals surface area contributed by atoms with Crippen molar-refractivity contribution in [3.05, 3.63) is 95.4 Å². The Morgan fingerprint density at radius 2 is 1.60 bits per heavy atom. The lowest BCUT2D eigenvalue weighted by Gasteiger charge is -2.31. The van der Waals surface area contributed by atoms with Crippen molar-refractivity contribution in [3.63, 3.8) is 0 Å². The Morgan fingerprint density at radius 3 is 2.23 bits per heavy atom. The molecule has 1 atom stereocenters. The topological polar surface area (TPSA) is 53.8 Å². The van der Waals surface area contributed by atoms with Gasteiger partial charge in [0.1, 0.15) is 12.3 Å². The number of hydrogen-bond donors (Lipinski definition) is 0. The molecular weight excluding hydrogens is 436 g/mol. The molecule has 0 N–H and O–H groups in total. The molecule has 35 heavy (non-hydrogen) atoms. The maximum Gasteiger partial charge on any atom is 0.254 e. The van der Waals surface area contributed by atoms with Gasteiger partial charge in [-0.25, -0.2) is 0 Å². The molecule has 5 nitrogen and oxygen atoms in total. The fourth-order valence-corrected chi connectivity index (χ4v) is 4.05. The standard InChI is InChI=1S/C30H38N2O3/c1-4-6-11-26-15-17-27(18-16-26)30(34)32(24(3)5-2)23-29(33)31(22-28-14-10-21-35-28)20-19-25-12-8-7-9-13-25/h7-10,12-18,21,24H,4-6,11,19-20,22-23H2,1-3H3/t24-/m0/s1. The SMILES string of the molecule is CCCCc1ccc(C(=O)N(CC(=O)N(CCc2ccccc2)Cc2ccco2)[C@@H](C)CC)cc1. The van der Waals surface area contributed by atoms with Crippen molar-refractivity contribution in [1.29, 1.82) is 0 Å². The Balaban J connectivity index is 1.74. The smallest absolute Gasteiger partial charge is 0.254 e. The van der Waals surface area contributed by atoms with Crippen LogP contribution in [-0.2, 0) is 24.2 Å². The second kappa shape index (κ2) is 13.5. The van der Waals surface area contributed by atoms with E-state index in [0.29, 0.717) is 18.7 Å². The third-order valence-electron chi connectivity index (χ3n) is 6.50. The molecular formula is C30H38N2O3. The zero-order valence-electron chi connectivity index (χ0n) is 21.3. The van der Waals surface area contributed by atoms with E-state index in [2.05, 4.69) is 19.1 Å². The van der Waals surface area contributed by atoms with Crippen LogP contribution in [0.15, 0.2) is 77.4 Å². The summed E-state index contributed by atoms with van der Waals surface area (Å²) in [6.45, 7) is 7.20. The van der Waals surface area contributed by atoms with Crippen molar-refractivity contribution in [2.45, 2.75) is 65.5 Å². The van der Waals surface area contributed by atoms with E-state index in [1.807, 2.05) is 68.4 Å². The number of unbranched alkanes of at least 4 members (excludes halogenated alkanes) is 1. The molecule has 1 aromatic heterocycles. The molecule has 2 aromatic carbocycles. The van der Waals surface area contributed by atoms with Crippen molar-refractivity contribution in [1.82, 2.24) is 9.80 Å². The average Bonchev–Trinajstić information content (AvgIpc) is 3.41. The summed E-state index contributed by atoms with van der Waals surface area (Å²) in [6.07, 6.45) is 6.42. The van der Waals surface area contributed by atoms with Gasteiger partial charge in [-0.2, -0.15) is 0 Å². The van der Waals surface area contributed by atoms with Crippen LogP contribution in [0.2, 0.25) is 0 Å². The number of carbonyl (C=O) groups is 2. The summed E-state index contributed by atoms with van der Waals surface area (Å²) in [4.78, 5) is 30.5. The minimum atomic E-state index is -0.101. The second-order valence-corrected chi connectivity index (χ2v) is 9.12. The van der Waals surface area contributed by atoms with E-state index < -0.39 is 0 Å². The quantitative estimate of drug-likeness (QED) is 0.299. The molecule has 186 valence electrons. The summed E-state index contributed by atoms with van der Waals surface area (Å²) >= 11 is 0. The Hall–Kier alpha value is -3.34. The van der Waals surface area contributed by atoms with Gasteiger partial charge in [0.25, 0.3) is 5.91 Å². The average molecular weight is 475 g/mol. The van der Waals surface area contributed by atoms with Crippen LogP contribution in [0.4, 0.5) is 0 Å². The Morgan fingerprint density at radius 1 is 0.886 bits per heavy atom. The van der Waals surface area contributed by atoms with Crippen LogP contribution in [0.3, 0.4) is 0 Å². The number of hydrogen-bond acceptors (Lipinski definition) is 3. The highest BCUT2D eigenvalue weighted by molar-refractivity contribution is 5.96. The number of aryl methyl sites for hydroxylation is 1. The van der Waals surface area contributed by atoms with Gasteiger partial charge in [0.2, 0.25) is 5.91 Å². The van der Waals surface area contributed by atoms with Crippen molar-refractivity contribution in [2.24, 2.45) is 0 Å². The van der Waals surface area contributed by atoms with Gasteiger partial charge in [0.05, 0.1) is 12.8 Å². The Bertz CT molecular complexity index is 1030.